The number of amides is 1. The van der Waals surface area contributed by atoms with E-state index in [2.05, 4.69) is 0 Å². The van der Waals surface area contributed by atoms with E-state index >= 15 is 0 Å². The van der Waals surface area contributed by atoms with Crippen LogP contribution in [0.4, 0.5) is 4.79 Å². The van der Waals surface area contributed by atoms with Crippen LogP contribution < -0.4 is 4.74 Å². The van der Waals surface area contributed by atoms with Crippen LogP contribution in [0.5, 0.6) is 5.75 Å². The standard InChI is InChI=1S/C18H17NO4S/c20-17(8-7-16-2-1-13-24-16)14-3-5-15(6-4-14)23-18(21)19-9-11-22-12-10-19/h1-8,13H,9-12H2/b8-7+. The normalized spacial score (nSPS) is 14.8. The molecule has 0 bridgehead atoms. The van der Waals surface area contributed by atoms with Gasteiger partial charge >= 0.3 is 6.09 Å². The molecule has 3 rings (SSSR count). The second-order valence-electron chi connectivity index (χ2n) is 5.20. The van der Waals surface area contributed by atoms with E-state index in [0.717, 1.165) is 4.88 Å². The maximum absolute atomic E-state index is 12.1. The van der Waals surface area contributed by atoms with Gasteiger partial charge in [0.1, 0.15) is 5.75 Å². The number of ether oxygens (including phenoxy) is 2. The molecule has 2 heterocycles. The fourth-order valence-corrected chi connectivity index (χ4v) is 2.86. The fraction of sp³-hybridized carbons (Fsp3) is 0.222. The molecule has 0 saturated carbocycles. The van der Waals surface area contributed by atoms with Crippen molar-refractivity contribution in [3.05, 3.63) is 58.3 Å². The average molecular weight is 343 g/mol. The molecule has 1 aromatic carbocycles. The first-order valence-electron chi connectivity index (χ1n) is 7.63. The summed E-state index contributed by atoms with van der Waals surface area (Å²) in [6.07, 6.45) is 2.94. The molecule has 1 aromatic heterocycles. The summed E-state index contributed by atoms with van der Waals surface area (Å²) in [5, 5.41) is 1.96. The molecule has 0 N–H and O–H groups in total. The van der Waals surface area contributed by atoms with Crippen molar-refractivity contribution in [1.29, 1.82) is 0 Å². The number of thiophene rings is 1. The molecule has 0 radical (unpaired) electrons. The predicted octanol–water partition coefficient (Wildman–Crippen LogP) is 3.48. The van der Waals surface area contributed by atoms with E-state index in [4.69, 9.17) is 9.47 Å². The highest BCUT2D eigenvalue weighted by Crippen LogP contribution is 2.16. The highest BCUT2D eigenvalue weighted by atomic mass is 32.1. The summed E-state index contributed by atoms with van der Waals surface area (Å²) in [7, 11) is 0. The molecule has 0 aliphatic carbocycles. The highest BCUT2D eigenvalue weighted by molar-refractivity contribution is 7.10. The summed E-state index contributed by atoms with van der Waals surface area (Å²) in [4.78, 5) is 26.7. The van der Waals surface area contributed by atoms with Crippen LogP contribution in [0.2, 0.25) is 0 Å². The van der Waals surface area contributed by atoms with Crippen LogP contribution in [0.25, 0.3) is 6.08 Å². The van der Waals surface area contributed by atoms with Crippen LogP contribution in [0, 0.1) is 0 Å². The van der Waals surface area contributed by atoms with Crippen LogP contribution in [-0.2, 0) is 4.74 Å². The van der Waals surface area contributed by atoms with Gasteiger partial charge in [0.15, 0.2) is 5.78 Å². The Balaban J connectivity index is 1.58. The number of benzene rings is 1. The van der Waals surface area contributed by atoms with Crippen molar-refractivity contribution < 1.29 is 19.1 Å². The van der Waals surface area contributed by atoms with Gasteiger partial charge in [0.05, 0.1) is 13.2 Å². The summed E-state index contributed by atoms with van der Waals surface area (Å²) in [5.74, 6) is 0.333. The van der Waals surface area contributed by atoms with Crippen molar-refractivity contribution in [1.82, 2.24) is 4.90 Å². The lowest BCUT2D eigenvalue weighted by atomic mass is 10.1. The minimum atomic E-state index is -0.394. The number of hydrogen-bond donors (Lipinski definition) is 0. The van der Waals surface area contributed by atoms with Crippen LogP contribution in [0.15, 0.2) is 47.9 Å². The van der Waals surface area contributed by atoms with Gasteiger partial charge in [-0.15, -0.1) is 11.3 Å². The minimum absolute atomic E-state index is 0.0885. The topological polar surface area (TPSA) is 55.8 Å². The Morgan fingerprint density at radius 3 is 2.54 bits per heavy atom. The molecule has 124 valence electrons. The van der Waals surface area contributed by atoms with Crippen molar-refractivity contribution in [2.45, 2.75) is 0 Å². The number of rotatable bonds is 4. The fourth-order valence-electron chi connectivity index (χ4n) is 2.24. The second-order valence-corrected chi connectivity index (χ2v) is 6.18. The lowest BCUT2D eigenvalue weighted by molar-refractivity contribution is 0.0416. The molecule has 1 aliphatic rings. The first kappa shape index (κ1) is 16.4. The Hall–Kier alpha value is -2.44. The number of nitrogens with zero attached hydrogens (tertiary/aromatic N) is 1. The Bertz CT molecular complexity index is 716. The Kier molecular flexibility index (Phi) is 5.40. The van der Waals surface area contributed by atoms with Gasteiger partial charge in [-0.2, -0.15) is 0 Å². The minimum Gasteiger partial charge on any atom is -0.410 e. The summed E-state index contributed by atoms with van der Waals surface area (Å²) in [5.41, 5.74) is 0.550. The zero-order valence-corrected chi connectivity index (χ0v) is 13.8. The maximum atomic E-state index is 12.1. The SMILES string of the molecule is O=C(/C=C/c1cccs1)c1ccc(OC(=O)N2CCOCC2)cc1. The molecule has 2 aromatic rings. The summed E-state index contributed by atoms with van der Waals surface area (Å²) >= 11 is 1.57. The smallest absolute Gasteiger partial charge is 0.410 e. The van der Waals surface area contributed by atoms with Gasteiger partial charge in [0.25, 0.3) is 0 Å². The molecule has 6 heteroatoms. The third kappa shape index (κ3) is 4.31. The van der Waals surface area contributed by atoms with E-state index in [9.17, 15) is 9.59 Å². The molecule has 0 spiro atoms. The van der Waals surface area contributed by atoms with Gasteiger partial charge in [0.2, 0.25) is 0 Å². The van der Waals surface area contributed by atoms with Crippen LogP contribution in [0.3, 0.4) is 0 Å². The van der Waals surface area contributed by atoms with E-state index in [0.29, 0.717) is 37.6 Å². The number of carbonyl (C=O) groups excluding carboxylic acids is 2. The van der Waals surface area contributed by atoms with Crippen molar-refractivity contribution in [2.24, 2.45) is 0 Å². The van der Waals surface area contributed by atoms with Crippen LogP contribution >= 0.6 is 11.3 Å². The van der Waals surface area contributed by atoms with Crippen LogP contribution in [-0.4, -0.2) is 43.1 Å². The van der Waals surface area contributed by atoms with E-state index in [1.165, 1.54) is 0 Å². The predicted molar refractivity (Wildman–Crippen MR) is 92.5 cm³/mol. The third-order valence-corrected chi connectivity index (χ3v) is 4.39. The molecule has 24 heavy (non-hydrogen) atoms. The molecule has 1 saturated heterocycles. The van der Waals surface area contributed by atoms with Gasteiger partial charge in [-0.25, -0.2) is 4.79 Å². The molecule has 0 unspecified atom stereocenters. The molecular formula is C18H17NO4S. The van der Waals surface area contributed by atoms with Gasteiger partial charge in [-0.1, -0.05) is 6.07 Å². The molecule has 1 amide bonds. The molecule has 1 fully saturated rings. The zero-order chi connectivity index (χ0) is 16.8. The van der Waals surface area contributed by atoms with E-state index < -0.39 is 6.09 Å². The van der Waals surface area contributed by atoms with E-state index in [-0.39, 0.29) is 5.78 Å². The van der Waals surface area contributed by atoms with Crippen molar-refractivity contribution in [3.63, 3.8) is 0 Å². The largest absolute Gasteiger partial charge is 0.415 e. The molecule has 0 atom stereocenters. The number of morpholine rings is 1. The first-order valence-corrected chi connectivity index (χ1v) is 8.51. The van der Waals surface area contributed by atoms with Gasteiger partial charge in [0, 0.05) is 23.5 Å². The lowest BCUT2D eigenvalue weighted by Crippen LogP contribution is -2.42. The summed E-state index contributed by atoms with van der Waals surface area (Å²) < 4.78 is 10.5. The van der Waals surface area contributed by atoms with Gasteiger partial charge in [-0.05, 0) is 47.9 Å². The van der Waals surface area contributed by atoms with E-state index in [1.54, 1.807) is 52.7 Å². The summed E-state index contributed by atoms with van der Waals surface area (Å²) in [6, 6.07) is 10.5. The molecular weight excluding hydrogens is 326 g/mol. The average Bonchev–Trinajstić information content (AvgIpc) is 3.14. The van der Waals surface area contributed by atoms with Crippen molar-refractivity contribution in [2.75, 3.05) is 26.3 Å². The first-order chi connectivity index (χ1) is 11.7. The molecule has 5 nitrogen and oxygen atoms in total. The monoisotopic (exact) mass is 343 g/mol. The third-order valence-electron chi connectivity index (χ3n) is 3.56. The van der Waals surface area contributed by atoms with Crippen LogP contribution in [0.1, 0.15) is 15.2 Å². The maximum Gasteiger partial charge on any atom is 0.415 e. The highest BCUT2D eigenvalue weighted by Gasteiger charge is 2.18. The number of hydrogen-bond acceptors (Lipinski definition) is 5. The Morgan fingerprint density at radius 1 is 1.12 bits per heavy atom. The van der Waals surface area contributed by atoms with Crippen molar-refractivity contribution in [3.8, 4) is 5.75 Å². The number of ketones is 1. The van der Waals surface area contributed by atoms with Gasteiger partial charge in [-0.3, -0.25) is 4.79 Å². The second kappa shape index (κ2) is 7.90. The zero-order valence-electron chi connectivity index (χ0n) is 13.0. The lowest BCUT2D eigenvalue weighted by Gasteiger charge is -2.25. The van der Waals surface area contributed by atoms with E-state index in [1.807, 2.05) is 17.5 Å². The summed E-state index contributed by atoms with van der Waals surface area (Å²) in [6.45, 7) is 2.12. The number of allylic oxidation sites excluding steroid dienone is 1. The van der Waals surface area contributed by atoms with Crippen molar-refractivity contribution >= 4 is 29.3 Å². The Morgan fingerprint density at radius 2 is 1.88 bits per heavy atom. The Labute approximate surface area is 144 Å². The number of carbonyl (C=O) groups is 2. The quantitative estimate of drug-likeness (QED) is 0.630. The molecule has 1 aliphatic heterocycles. The van der Waals surface area contributed by atoms with Gasteiger partial charge < -0.3 is 14.4 Å².